The molecule has 0 saturated carbocycles. The van der Waals surface area contributed by atoms with Gasteiger partial charge in [-0.2, -0.15) is 0 Å². The maximum atomic E-state index is 11.9. The van der Waals surface area contributed by atoms with E-state index in [1.54, 1.807) is 6.07 Å². The summed E-state index contributed by atoms with van der Waals surface area (Å²) in [6.07, 6.45) is -0.0542. The number of para-hydroxylation sites is 2. The van der Waals surface area contributed by atoms with Gasteiger partial charge >= 0.3 is 5.97 Å². The third-order valence-electron chi connectivity index (χ3n) is 3.56. The topological polar surface area (TPSA) is 90.7 Å². The molecule has 0 radical (unpaired) electrons. The number of carbonyl (C=O) groups is 2. The van der Waals surface area contributed by atoms with Crippen molar-refractivity contribution in [2.75, 3.05) is 19.8 Å². The summed E-state index contributed by atoms with van der Waals surface area (Å²) in [4.78, 5) is 23.6. The summed E-state index contributed by atoms with van der Waals surface area (Å²) in [5, 5.41) is 7.24. The van der Waals surface area contributed by atoms with Crippen LogP contribution in [0, 0.1) is 0 Å². The fourth-order valence-corrected chi connectivity index (χ4v) is 2.33. The van der Waals surface area contributed by atoms with Crippen LogP contribution in [0.1, 0.15) is 5.69 Å². The fourth-order valence-electron chi connectivity index (χ4n) is 2.33. The SMILES string of the molecule is O=C(COC(=O)Cc1noc2ccccc12)NCCOc1ccccc1. The van der Waals surface area contributed by atoms with Gasteiger partial charge in [0.25, 0.3) is 5.91 Å². The monoisotopic (exact) mass is 354 g/mol. The number of nitrogens with zero attached hydrogens (tertiary/aromatic N) is 1. The Labute approximate surface area is 149 Å². The van der Waals surface area contributed by atoms with Crippen LogP contribution in [0.5, 0.6) is 5.75 Å². The Hall–Kier alpha value is -3.35. The van der Waals surface area contributed by atoms with Crippen molar-refractivity contribution in [3.8, 4) is 5.75 Å². The quantitative estimate of drug-likeness (QED) is 0.492. The number of carbonyl (C=O) groups excluding carboxylic acids is 2. The van der Waals surface area contributed by atoms with E-state index in [1.165, 1.54) is 0 Å². The maximum Gasteiger partial charge on any atom is 0.312 e. The van der Waals surface area contributed by atoms with Gasteiger partial charge in [0.05, 0.1) is 13.0 Å². The Morgan fingerprint density at radius 3 is 2.65 bits per heavy atom. The number of ether oxygens (including phenoxy) is 2. The molecule has 0 saturated heterocycles. The number of fused-ring (bicyclic) bond motifs is 1. The zero-order chi connectivity index (χ0) is 18.2. The first-order valence-electron chi connectivity index (χ1n) is 8.16. The van der Waals surface area contributed by atoms with Gasteiger partial charge in [0, 0.05) is 5.39 Å². The number of benzene rings is 2. The predicted molar refractivity (Wildman–Crippen MR) is 93.6 cm³/mol. The minimum Gasteiger partial charge on any atom is -0.492 e. The van der Waals surface area contributed by atoms with E-state index in [1.807, 2.05) is 48.5 Å². The van der Waals surface area contributed by atoms with Gasteiger partial charge in [0.2, 0.25) is 0 Å². The Balaban J connectivity index is 1.35. The summed E-state index contributed by atoms with van der Waals surface area (Å²) >= 11 is 0. The molecule has 1 amide bonds. The third-order valence-corrected chi connectivity index (χ3v) is 3.56. The average molecular weight is 354 g/mol. The highest BCUT2D eigenvalue weighted by Crippen LogP contribution is 2.18. The molecule has 0 spiro atoms. The van der Waals surface area contributed by atoms with Crippen molar-refractivity contribution in [1.29, 1.82) is 0 Å². The van der Waals surface area contributed by atoms with Crippen molar-refractivity contribution in [3.05, 3.63) is 60.3 Å². The molecule has 1 heterocycles. The molecule has 0 aliphatic rings. The maximum absolute atomic E-state index is 11.9. The highest BCUT2D eigenvalue weighted by molar-refractivity contribution is 5.85. The lowest BCUT2D eigenvalue weighted by molar-refractivity contribution is -0.147. The van der Waals surface area contributed by atoms with E-state index in [-0.39, 0.29) is 18.9 Å². The van der Waals surface area contributed by atoms with E-state index in [0.717, 1.165) is 11.1 Å². The van der Waals surface area contributed by atoms with Crippen LogP contribution in [-0.4, -0.2) is 36.8 Å². The lowest BCUT2D eigenvalue weighted by atomic mass is 10.2. The molecule has 26 heavy (non-hydrogen) atoms. The Morgan fingerprint density at radius 1 is 1.04 bits per heavy atom. The molecule has 7 heteroatoms. The molecular weight excluding hydrogens is 336 g/mol. The lowest BCUT2D eigenvalue weighted by Crippen LogP contribution is -2.32. The number of amides is 1. The van der Waals surface area contributed by atoms with Gasteiger partial charge in [-0.3, -0.25) is 9.59 Å². The Morgan fingerprint density at radius 2 is 1.81 bits per heavy atom. The summed E-state index contributed by atoms with van der Waals surface area (Å²) < 4.78 is 15.5. The van der Waals surface area contributed by atoms with Gasteiger partial charge < -0.3 is 19.3 Å². The van der Waals surface area contributed by atoms with Gasteiger partial charge in [0.15, 0.2) is 12.2 Å². The van der Waals surface area contributed by atoms with E-state index in [0.29, 0.717) is 24.4 Å². The summed E-state index contributed by atoms with van der Waals surface area (Å²) in [6.45, 7) is 0.299. The second-order valence-electron chi connectivity index (χ2n) is 5.47. The highest BCUT2D eigenvalue weighted by atomic mass is 16.5. The molecule has 1 N–H and O–H groups in total. The number of rotatable bonds is 8. The molecule has 0 aliphatic carbocycles. The predicted octanol–water partition coefficient (Wildman–Crippen LogP) is 2.11. The summed E-state index contributed by atoms with van der Waals surface area (Å²) in [7, 11) is 0. The van der Waals surface area contributed by atoms with Gasteiger partial charge in [-0.25, -0.2) is 0 Å². The van der Waals surface area contributed by atoms with E-state index in [2.05, 4.69) is 10.5 Å². The molecule has 1 aromatic heterocycles. The first-order chi connectivity index (χ1) is 12.7. The molecule has 0 bridgehead atoms. The highest BCUT2D eigenvalue weighted by Gasteiger charge is 2.14. The Kier molecular flexibility index (Phi) is 5.82. The van der Waals surface area contributed by atoms with Crippen molar-refractivity contribution in [2.45, 2.75) is 6.42 Å². The zero-order valence-electron chi connectivity index (χ0n) is 14.0. The smallest absolute Gasteiger partial charge is 0.312 e. The van der Waals surface area contributed by atoms with Crippen LogP contribution in [-0.2, 0) is 20.7 Å². The summed E-state index contributed by atoms with van der Waals surface area (Å²) in [5.41, 5.74) is 1.09. The normalized spacial score (nSPS) is 10.5. The van der Waals surface area contributed by atoms with Crippen LogP contribution in [0.25, 0.3) is 11.0 Å². The van der Waals surface area contributed by atoms with Crippen LogP contribution in [0.15, 0.2) is 59.1 Å². The molecule has 0 atom stereocenters. The molecule has 0 aliphatic heterocycles. The van der Waals surface area contributed by atoms with E-state index in [9.17, 15) is 9.59 Å². The number of esters is 1. The first kappa shape index (κ1) is 17.5. The van der Waals surface area contributed by atoms with Crippen molar-refractivity contribution < 1.29 is 23.6 Å². The van der Waals surface area contributed by atoms with Gasteiger partial charge in [-0.15, -0.1) is 0 Å². The zero-order valence-corrected chi connectivity index (χ0v) is 14.0. The second kappa shape index (κ2) is 8.66. The van der Waals surface area contributed by atoms with Crippen molar-refractivity contribution in [1.82, 2.24) is 10.5 Å². The van der Waals surface area contributed by atoms with Gasteiger partial charge in [-0.1, -0.05) is 35.5 Å². The molecule has 134 valence electrons. The molecule has 7 nitrogen and oxygen atoms in total. The van der Waals surface area contributed by atoms with Crippen molar-refractivity contribution >= 4 is 22.8 Å². The minimum absolute atomic E-state index is 0.0542. The largest absolute Gasteiger partial charge is 0.492 e. The number of hydrogen-bond donors (Lipinski definition) is 1. The molecule has 0 unspecified atom stereocenters. The standard InChI is InChI=1S/C19H18N2O5/c22-18(20-10-11-24-14-6-2-1-3-7-14)13-25-19(23)12-16-15-8-4-5-9-17(15)26-21-16/h1-9H,10-13H2,(H,20,22). The van der Waals surface area contributed by atoms with Crippen LogP contribution in [0.2, 0.25) is 0 Å². The fraction of sp³-hybridized carbons (Fsp3) is 0.211. The number of aromatic nitrogens is 1. The van der Waals surface area contributed by atoms with E-state index >= 15 is 0 Å². The van der Waals surface area contributed by atoms with Crippen molar-refractivity contribution in [3.63, 3.8) is 0 Å². The summed E-state index contributed by atoms with van der Waals surface area (Å²) in [6, 6.07) is 16.5. The average Bonchev–Trinajstić information content (AvgIpc) is 3.07. The minimum atomic E-state index is -0.542. The summed E-state index contributed by atoms with van der Waals surface area (Å²) in [5.74, 6) is -0.201. The van der Waals surface area contributed by atoms with Gasteiger partial charge in [0.1, 0.15) is 18.1 Å². The van der Waals surface area contributed by atoms with Crippen LogP contribution in [0.4, 0.5) is 0 Å². The lowest BCUT2D eigenvalue weighted by Gasteiger charge is -2.08. The molecule has 0 fully saturated rings. The van der Waals surface area contributed by atoms with E-state index in [4.69, 9.17) is 14.0 Å². The molecular formula is C19H18N2O5. The second-order valence-corrected chi connectivity index (χ2v) is 5.47. The van der Waals surface area contributed by atoms with Crippen LogP contribution < -0.4 is 10.1 Å². The van der Waals surface area contributed by atoms with Crippen molar-refractivity contribution in [2.24, 2.45) is 0 Å². The number of hydrogen-bond acceptors (Lipinski definition) is 6. The van der Waals surface area contributed by atoms with Crippen LogP contribution in [0.3, 0.4) is 0 Å². The molecule has 3 rings (SSSR count). The molecule has 2 aromatic carbocycles. The Bertz CT molecular complexity index is 876. The third kappa shape index (κ3) is 4.83. The number of nitrogens with one attached hydrogen (secondary N) is 1. The molecule has 3 aromatic rings. The van der Waals surface area contributed by atoms with Gasteiger partial charge in [-0.05, 0) is 24.3 Å². The van der Waals surface area contributed by atoms with E-state index < -0.39 is 5.97 Å². The first-order valence-corrected chi connectivity index (χ1v) is 8.16. The van der Waals surface area contributed by atoms with Crippen LogP contribution >= 0.6 is 0 Å².